The summed E-state index contributed by atoms with van der Waals surface area (Å²) in [4.78, 5) is 16.1. The number of carbonyl (C=O) groups excluding carboxylic acids is 1. The maximum absolute atomic E-state index is 13.2. The quantitative estimate of drug-likeness (QED) is 0.502. The highest BCUT2D eigenvalue weighted by atomic mass is 19.1. The number of nitrogens with one attached hydrogen (secondary N) is 2. The molecule has 0 bridgehead atoms. The second kappa shape index (κ2) is 8.42. The molecule has 1 amide bonds. The summed E-state index contributed by atoms with van der Waals surface area (Å²) in [5, 5.41) is 18.8. The van der Waals surface area contributed by atoms with Crippen molar-refractivity contribution in [3.63, 3.8) is 0 Å². The topological polar surface area (TPSA) is 97.1 Å². The van der Waals surface area contributed by atoms with Gasteiger partial charge in [0.05, 0.1) is 0 Å². The largest absolute Gasteiger partial charge is 0.365 e. The van der Waals surface area contributed by atoms with Crippen molar-refractivity contribution in [2.75, 3.05) is 11.9 Å². The third-order valence-electron chi connectivity index (χ3n) is 4.27. The zero-order chi connectivity index (χ0) is 20.1. The van der Waals surface area contributed by atoms with Gasteiger partial charge in [-0.15, -0.1) is 15.3 Å². The number of aromatic nitrogens is 5. The van der Waals surface area contributed by atoms with Gasteiger partial charge in [0.2, 0.25) is 0 Å². The maximum Gasteiger partial charge on any atom is 0.251 e. The summed E-state index contributed by atoms with van der Waals surface area (Å²) in [6.07, 6.45) is 3.91. The molecule has 3 aromatic heterocycles. The molecular formula is C20H18FN7O. The Kier molecular flexibility index (Phi) is 5.37. The third-order valence-corrected chi connectivity index (χ3v) is 4.27. The van der Waals surface area contributed by atoms with Gasteiger partial charge >= 0.3 is 0 Å². The smallest absolute Gasteiger partial charge is 0.251 e. The highest BCUT2D eigenvalue weighted by molar-refractivity contribution is 5.94. The number of fused-ring (bicyclic) bond motifs is 1. The Hall–Kier alpha value is -3.88. The highest BCUT2D eigenvalue weighted by Gasteiger charge is 2.10. The summed E-state index contributed by atoms with van der Waals surface area (Å²) in [6.45, 7) is 0.939. The molecule has 0 fully saturated rings. The minimum Gasteiger partial charge on any atom is -0.365 e. The van der Waals surface area contributed by atoms with Gasteiger partial charge in [0, 0.05) is 37.5 Å². The van der Waals surface area contributed by atoms with Gasteiger partial charge in [-0.1, -0.05) is 6.07 Å². The lowest BCUT2D eigenvalue weighted by molar-refractivity contribution is 0.0953. The van der Waals surface area contributed by atoms with E-state index < -0.39 is 5.82 Å². The Labute approximate surface area is 165 Å². The second-order valence-electron chi connectivity index (χ2n) is 6.33. The van der Waals surface area contributed by atoms with E-state index in [-0.39, 0.29) is 11.5 Å². The molecule has 0 atom stereocenters. The van der Waals surface area contributed by atoms with E-state index in [0.29, 0.717) is 36.8 Å². The van der Waals surface area contributed by atoms with Gasteiger partial charge in [0.15, 0.2) is 11.5 Å². The van der Waals surface area contributed by atoms with Crippen molar-refractivity contribution < 1.29 is 9.18 Å². The molecule has 1 aromatic carbocycles. The molecule has 2 N–H and O–H groups in total. The number of amides is 1. The lowest BCUT2D eigenvalue weighted by Crippen LogP contribution is -2.26. The van der Waals surface area contributed by atoms with Crippen molar-refractivity contribution in [1.29, 1.82) is 0 Å². The molecule has 146 valence electrons. The third kappa shape index (κ3) is 4.52. The molecule has 0 aliphatic carbocycles. The van der Waals surface area contributed by atoms with Crippen molar-refractivity contribution in [2.45, 2.75) is 13.0 Å². The molecule has 9 heteroatoms. The van der Waals surface area contributed by atoms with Crippen molar-refractivity contribution in [3.05, 3.63) is 83.7 Å². The van der Waals surface area contributed by atoms with Crippen LogP contribution in [0, 0.1) is 5.82 Å². The predicted molar refractivity (Wildman–Crippen MR) is 105 cm³/mol. The minimum absolute atomic E-state index is 0.275. The van der Waals surface area contributed by atoms with Crippen molar-refractivity contribution >= 4 is 17.4 Å². The normalized spacial score (nSPS) is 10.8. The summed E-state index contributed by atoms with van der Waals surface area (Å²) < 4.78 is 14.9. The van der Waals surface area contributed by atoms with Crippen LogP contribution < -0.4 is 10.6 Å². The average molecular weight is 391 g/mol. The van der Waals surface area contributed by atoms with Crippen molar-refractivity contribution in [3.8, 4) is 0 Å². The predicted octanol–water partition coefficient (Wildman–Crippen LogP) is 2.24. The van der Waals surface area contributed by atoms with Crippen LogP contribution >= 0.6 is 0 Å². The molecule has 8 nitrogen and oxygen atoms in total. The standard InChI is InChI=1S/C20H18FN7O/c21-16-3-1-2-15(12-16)20(29)23-11-8-19-26-25-18-5-4-17(27-28(18)19)24-13-14-6-9-22-10-7-14/h1-7,9-10,12H,8,11,13H2,(H,23,29)(H,24,27). The first kappa shape index (κ1) is 18.5. The molecule has 0 saturated heterocycles. The van der Waals surface area contributed by atoms with Gasteiger partial charge in [0.25, 0.3) is 5.91 Å². The number of halogens is 1. The van der Waals surface area contributed by atoms with Crippen LogP contribution in [0.25, 0.3) is 5.65 Å². The van der Waals surface area contributed by atoms with E-state index >= 15 is 0 Å². The molecule has 4 aromatic rings. The van der Waals surface area contributed by atoms with E-state index in [1.165, 1.54) is 18.2 Å². The summed E-state index contributed by atoms with van der Waals surface area (Å²) in [5.74, 6) is 0.509. The highest BCUT2D eigenvalue weighted by Crippen LogP contribution is 2.09. The van der Waals surface area contributed by atoms with Crippen molar-refractivity contribution in [1.82, 2.24) is 30.1 Å². The van der Waals surface area contributed by atoms with E-state index in [2.05, 4.69) is 30.9 Å². The molecule has 0 radical (unpaired) electrons. The van der Waals surface area contributed by atoms with Crippen LogP contribution in [0.1, 0.15) is 21.7 Å². The van der Waals surface area contributed by atoms with Crippen LogP contribution in [-0.2, 0) is 13.0 Å². The molecule has 4 rings (SSSR count). The van der Waals surface area contributed by atoms with Crippen molar-refractivity contribution in [2.24, 2.45) is 0 Å². The first-order valence-corrected chi connectivity index (χ1v) is 9.07. The lowest BCUT2D eigenvalue weighted by Gasteiger charge is -2.07. The number of rotatable bonds is 7. The first-order chi connectivity index (χ1) is 14.2. The fourth-order valence-corrected chi connectivity index (χ4v) is 2.80. The van der Waals surface area contributed by atoms with Crippen LogP contribution in [0.4, 0.5) is 10.2 Å². The summed E-state index contributed by atoms with van der Waals surface area (Å²) in [7, 11) is 0. The Balaban J connectivity index is 1.39. The number of benzene rings is 1. The number of hydrogen-bond donors (Lipinski definition) is 2. The second-order valence-corrected chi connectivity index (χ2v) is 6.33. The summed E-state index contributed by atoms with van der Waals surface area (Å²) >= 11 is 0. The summed E-state index contributed by atoms with van der Waals surface area (Å²) in [5.41, 5.74) is 1.98. The van der Waals surface area contributed by atoms with E-state index in [1.807, 2.05) is 24.3 Å². The maximum atomic E-state index is 13.2. The van der Waals surface area contributed by atoms with Gasteiger partial charge < -0.3 is 10.6 Å². The molecular weight excluding hydrogens is 373 g/mol. The molecule has 0 saturated carbocycles. The molecule has 0 unspecified atom stereocenters. The molecule has 0 spiro atoms. The molecule has 0 aliphatic rings. The number of pyridine rings is 1. The summed E-state index contributed by atoms with van der Waals surface area (Å²) in [6, 6.07) is 13.1. The monoisotopic (exact) mass is 391 g/mol. The van der Waals surface area contributed by atoms with Crippen LogP contribution in [0.15, 0.2) is 60.9 Å². The zero-order valence-electron chi connectivity index (χ0n) is 15.4. The van der Waals surface area contributed by atoms with Gasteiger partial charge in [-0.2, -0.15) is 4.52 Å². The van der Waals surface area contributed by atoms with Crippen LogP contribution in [0.2, 0.25) is 0 Å². The Morgan fingerprint density at radius 3 is 2.76 bits per heavy atom. The minimum atomic E-state index is -0.447. The van der Waals surface area contributed by atoms with Gasteiger partial charge in [-0.25, -0.2) is 4.39 Å². The fourth-order valence-electron chi connectivity index (χ4n) is 2.80. The average Bonchev–Trinajstić information content (AvgIpc) is 3.15. The zero-order valence-corrected chi connectivity index (χ0v) is 15.4. The first-order valence-electron chi connectivity index (χ1n) is 9.07. The molecule has 0 aliphatic heterocycles. The lowest BCUT2D eigenvalue weighted by atomic mass is 10.2. The Bertz CT molecular complexity index is 1130. The van der Waals surface area contributed by atoms with Crippen LogP contribution in [-0.4, -0.2) is 37.2 Å². The van der Waals surface area contributed by atoms with Crippen LogP contribution in [0.5, 0.6) is 0 Å². The fraction of sp³-hybridized carbons (Fsp3) is 0.150. The van der Waals surface area contributed by atoms with Gasteiger partial charge in [-0.05, 0) is 48.0 Å². The van der Waals surface area contributed by atoms with E-state index in [4.69, 9.17) is 0 Å². The number of hydrogen-bond acceptors (Lipinski definition) is 6. The molecule has 3 heterocycles. The number of anilines is 1. The molecule has 29 heavy (non-hydrogen) atoms. The van der Waals surface area contributed by atoms with Gasteiger partial charge in [-0.3, -0.25) is 9.78 Å². The Morgan fingerprint density at radius 2 is 1.93 bits per heavy atom. The van der Waals surface area contributed by atoms with E-state index in [0.717, 1.165) is 5.56 Å². The number of carbonyl (C=O) groups is 1. The Morgan fingerprint density at radius 1 is 1.07 bits per heavy atom. The van der Waals surface area contributed by atoms with E-state index in [9.17, 15) is 9.18 Å². The SMILES string of the molecule is O=C(NCCc1nnc2ccc(NCc3ccncc3)nn12)c1cccc(F)c1. The number of nitrogens with zero attached hydrogens (tertiary/aromatic N) is 5. The van der Waals surface area contributed by atoms with Gasteiger partial charge in [0.1, 0.15) is 11.6 Å². The van der Waals surface area contributed by atoms with E-state index in [1.54, 1.807) is 23.0 Å². The van der Waals surface area contributed by atoms with Crippen LogP contribution in [0.3, 0.4) is 0 Å².